The lowest BCUT2D eigenvalue weighted by Gasteiger charge is -2.24. The van der Waals surface area contributed by atoms with E-state index in [0.717, 1.165) is 28.5 Å². The van der Waals surface area contributed by atoms with E-state index >= 15 is 0 Å². The Balaban J connectivity index is 1.38. The van der Waals surface area contributed by atoms with Crippen LogP contribution in [0.1, 0.15) is 27.2 Å². The molecule has 3 aromatic rings. The van der Waals surface area contributed by atoms with Crippen LogP contribution in [0.25, 0.3) is 22.0 Å². The normalized spacial score (nSPS) is 16.9. The van der Waals surface area contributed by atoms with E-state index in [2.05, 4.69) is 25.5 Å². The van der Waals surface area contributed by atoms with E-state index in [1.807, 2.05) is 51.4 Å². The van der Waals surface area contributed by atoms with Crippen LogP contribution in [-0.2, 0) is 4.74 Å². The number of likely N-dealkylation sites (tertiary alicyclic amines) is 1. The largest absolute Gasteiger partial charge is 0.444 e. The Morgan fingerprint density at radius 1 is 1.31 bits per heavy atom. The summed E-state index contributed by atoms with van der Waals surface area (Å²) in [6.45, 7) is 7.76. The number of aromatic nitrogens is 4. The summed E-state index contributed by atoms with van der Waals surface area (Å²) in [5.41, 5.74) is 2.48. The Morgan fingerprint density at radius 2 is 2.17 bits per heavy atom. The van der Waals surface area contributed by atoms with Gasteiger partial charge in [0.05, 0.1) is 11.7 Å². The molecule has 3 heterocycles. The number of aromatic amines is 1. The van der Waals surface area contributed by atoms with Gasteiger partial charge in [-0.05, 0) is 44.7 Å². The van der Waals surface area contributed by atoms with Crippen LogP contribution in [0.3, 0.4) is 0 Å². The van der Waals surface area contributed by atoms with Gasteiger partial charge in [0.1, 0.15) is 5.60 Å². The number of H-pyrrole nitrogens is 1. The number of carbonyl (C=O) groups is 1. The van der Waals surface area contributed by atoms with E-state index in [0.29, 0.717) is 31.5 Å². The Labute approximate surface area is 169 Å². The quantitative estimate of drug-likeness (QED) is 0.701. The van der Waals surface area contributed by atoms with Crippen LogP contribution in [0.5, 0.6) is 0 Å². The van der Waals surface area contributed by atoms with Crippen molar-refractivity contribution in [3.05, 3.63) is 36.8 Å². The maximum absolute atomic E-state index is 12.2. The van der Waals surface area contributed by atoms with E-state index in [1.165, 1.54) is 0 Å². The number of nitrogens with zero attached hydrogens (tertiary/aromatic N) is 4. The maximum atomic E-state index is 12.2. The molecule has 1 amide bonds. The fourth-order valence-corrected chi connectivity index (χ4v) is 3.42. The molecule has 1 aliphatic rings. The van der Waals surface area contributed by atoms with Crippen LogP contribution in [0.2, 0.25) is 0 Å². The van der Waals surface area contributed by atoms with Crippen LogP contribution < -0.4 is 5.32 Å². The van der Waals surface area contributed by atoms with Crippen molar-refractivity contribution in [3.8, 4) is 11.1 Å². The minimum atomic E-state index is -0.471. The van der Waals surface area contributed by atoms with Crippen LogP contribution >= 0.6 is 0 Å². The lowest BCUT2D eigenvalue weighted by molar-refractivity contribution is 0.0289. The predicted octanol–water partition coefficient (Wildman–Crippen LogP) is 3.69. The molecule has 0 spiro atoms. The van der Waals surface area contributed by atoms with Crippen LogP contribution in [0.4, 0.5) is 10.7 Å². The van der Waals surface area contributed by atoms with Gasteiger partial charge in [-0.1, -0.05) is 12.1 Å². The van der Waals surface area contributed by atoms with Gasteiger partial charge in [0.25, 0.3) is 0 Å². The van der Waals surface area contributed by atoms with Crippen molar-refractivity contribution in [3.63, 3.8) is 0 Å². The summed E-state index contributed by atoms with van der Waals surface area (Å²) in [6, 6.07) is 6.08. The molecule has 2 aromatic heterocycles. The lowest BCUT2D eigenvalue weighted by atomic mass is 10.1. The van der Waals surface area contributed by atoms with E-state index in [1.54, 1.807) is 11.1 Å². The standard InChI is InChI=1S/C21H26N6O2/c1-21(2,3)29-20(28)27-7-6-14(13-27)9-22-19-23-10-16-5-4-15(8-18(16)26-19)17-11-24-25-12-17/h4-5,8,10-12,14H,6-7,9,13H2,1-3H3,(H,24,25)(H,22,23,26). The molecule has 1 unspecified atom stereocenters. The molecule has 1 aliphatic heterocycles. The topological polar surface area (TPSA) is 96.0 Å². The number of carbonyl (C=O) groups excluding carboxylic acids is 1. The Hall–Kier alpha value is -3.16. The summed E-state index contributed by atoms with van der Waals surface area (Å²) in [4.78, 5) is 23.1. The first-order valence-corrected chi connectivity index (χ1v) is 9.85. The number of anilines is 1. The molecule has 0 radical (unpaired) electrons. The first-order chi connectivity index (χ1) is 13.9. The van der Waals surface area contributed by atoms with E-state index < -0.39 is 5.60 Å². The highest BCUT2D eigenvalue weighted by atomic mass is 16.6. The number of ether oxygens (including phenoxy) is 1. The van der Waals surface area contributed by atoms with Gasteiger partial charge < -0.3 is 15.0 Å². The molecular weight excluding hydrogens is 368 g/mol. The van der Waals surface area contributed by atoms with Gasteiger partial charge >= 0.3 is 6.09 Å². The average Bonchev–Trinajstić information content (AvgIpc) is 3.36. The molecule has 1 atom stereocenters. The maximum Gasteiger partial charge on any atom is 0.410 e. The predicted molar refractivity (Wildman–Crippen MR) is 112 cm³/mol. The summed E-state index contributed by atoms with van der Waals surface area (Å²) in [7, 11) is 0. The molecule has 2 N–H and O–H groups in total. The fourth-order valence-electron chi connectivity index (χ4n) is 3.42. The second kappa shape index (κ2) is 7.69. The molecule has 0 aliphatic carbocycles. The third-order valence-electron chi connectivity index (χ3n) is 4.90. The fraction of sp³-hybridized carbons (Fsp3) is 0.429. The van der Waals surface area contributed by atoms with Crippen LogP contribution in [0.15, 0.2) is 36.8 Å². The van der Waals surface area contributed by atoms with Gasteiger partial charge in [-0.15, -0.1) is 0 Å². The third-order valence-corrected chi connectivity index (χ3v) is 4.90. The molecule has 8 nitrogen and oxygen atoms in total. The van der Waals surface area contributed by atoms with E-state index in [9.17, 15) is 4.79 Å². The molecule has 1 aromatic carbocycles. The molecule has 0 bridgehead atoms. The zero-order valence-electron chi connectivity index (χ0n) is 17.0. The van der Waals surface area contributed by atoms with Gasteiger partial charge in [-0.3, -0.25) is 5.10 Å². The first kappa shape index (κ1) is 19.2. The number of hydrogen-bond donors (Lipinski definition) is 2. The van der Waals surface area contributed by atoms with Crippen molar-refractivity contribution in [2.75, 3.05) is 25.0 Å². The molecular formula is C21H26N6O2. The van der Waals surface area contributed by atoms with Crippen molar-refractivity contribution in [1.82, 2.24) is 25.1 Å². The highest BCUT2D eigenvalue weighted by Gasteiger charge is 2.29. The molecule has 0 saturated carbocycles. The van der Waals surface area contributed by atoms with Gasteiger partial charge in [0.15, 0.2) is 0 Å². The zero-order chi connectivity index (χ0) is 20.4. The Morgan fingerprint density at radius 3 is 2.93 bits per heavy atom. The van der Waals surface area contributed by atoms with Gasteiger partial charge in [-0.25, -0.2) is 14.8 Å². The van der Waals surface area contributed by atoms with E-state index in [4.69, 9.17) is 4.74 Å². The van der Waals surface area contributed by atoms with Crippen molar-refractivity contribution in [2.24, 2.45) is 5.92 Å². The Kier molecular flexibility index (Phi) is 5.08. The number of amides is 1. The molecule has 1 saturated heterocycles. The summed E-state index contributed by atoms with van der Waals surface area (Å²) >= 11 is 0. The summed E-state index contributed by atoms with van der Waals surface area (Å²) < 4.78 is 5.46. The smallest absolute Gasteiger partial charge is 0.410 e. The van der Waals surface area contributed by atoms with Gasteiger partial charge in [0, 0.05) is 43.0 Å². The van der Waals surface area contributed by atoms with Crippen molar-refractivity contribution in [2.45, 2.75) is 32.8 Å². The molecule has 8 heteroatoms. The Bertz CT molecular complexity index is 996. The average molecular weight is 394 g/mol. The highest BCUT2D eigenvalue weighted by molar-refractivity contribution is 5.84. The second-order valence-electron chi connectivity index (χ2n) is 8.42. The van der Waals surface area contributed by atoms with Crippen molar-refractivity contribution < 1.29 is 9.53 Å². The monoisotopic (exact) mass is 394 g/mol. The number of fused-ring (bicyclic) bond motifs is 1. The number of rotatable bonds is 4. The van der Waals surface area contributed by atoms with Crippen molar-refractivity contribution >= 4 is 22.9 Å². The summed E-state index contributed by atoms with van der Waals surface area (Å²) in [5, 5.41) is 11.1. The minimum Gasteiger partial charge on any atom is -0.444 e. The summed E-state index contributed by atoms with van der Waals surface area (Å²) in [5.74, 6) is 0.941. The molecule has 4 rings (SSSR count). The number of nitrogens with one attached hydrogen (secondary N) is 2. The van der Waals surface area contributed by atoms with Gasteiger partial charge in [-0.2, -0.15) is 5.10 Å². The van der Waals surface area contributed by atoms with Crippen LogP contribution in [0, 0.1) is 5.92 Å². The second-order valence-corrected chi connectivity index (χ2v) is 8.42. The summed E-state index contributed by atoms with van der Waals surface area (Å²) in [6.07, 6.45) is 6.17. The minimum absolute atomic E-state index is 0.242. The SMILES string of the molecule is CC(C)(C)OC(=O)N1CCC(CNc2ncc3ccc(-c4cn[nH]c4)cc3n2)C1. The first-order valence-electron chi connectivity index (χ1n) is 9.85. The molecule has 1 fully saturated rings. The van der Waals surface area contributed by atoms with Gasteiger partial charge in [0.2, 0.25) is 5.95 Å². The molecule has 29 heavy (non-hydrogen) atoms. The van der Waals surface area contributed by atoms with E-state index in [-0.39, 0.29) is 6.09 Å². The lowest BCUT2D eigenvalue weighted by Crippen LogP contribution is -2.35. The third kappa shape index (κ3) is 4.64. The number of hydrogen-bond acceptors (Lipinski definition) is 6. The highest BCUT2D eigenvalue weighted by Crippen LogP contribution is 2.23. The van der Waals surface area contributed by atoms with Crippen LogP contribution in [-0.4, -0.2) is 56.4 Å². The molecule has 152 valence electrons. The van der Waals surface area contributed by atoms with Crippen molar-refractivity contribution in [1.29, 1.82) is 0 Å². The zero-order valence-corrected chi connectivity index (χ0v) is 17.0. The number of benzene rings is 1.